The maximum atomic E-state index is 13.9. The molecule has 8 heteroatoms. The molecule has 2 aliphatic rings. The summed E-state index contributed by atoms with van der Waals surface area (Å²) in [5.41, 5.74) is -0.346. The van der Waals surface area contributed by atoms with Crippen molar-refractivity contribution in [1.82, 2.24) is 0 Å². The van der Waals surface area contributed by atoms with Crippen LogP contribution in [0.4, 0.5) is 13.2 Å². The van der Waals surface area contributed by atoms with Gasteiger partial charge >= 0.3 is 17.9 Å². The first-order chi connectivity index (χ1) is 12.9. The minimum atomic E-state index is -5.29. The second-order valence-corrected chi connectivity index (χ2v) is 7.96. The number of hydrogen-bond acceptors (Lipinski definition) is 5. The van der Waals surface area contributed by atoms with Crippen molar-refractivity contribution < 1.29 is 37.3 Å². The molecule has 5 nitrogen and oxygen atoms in total. The van der Waals surface area contributed by atoms with Gasteiger partial charge < -0.3 is 14.6 Å². The molecule has 3 atom stereocenters. The number of Topliss-reactive ketones (excluding diaryl/α,β-unsaturated/α-hetero) is 1. The molecule has 0 fully saturated rings. The van der Waals surface area contributed by atoms with Crippen LogP contribution in [0.25, 0.3) is 0 Å². The zero-order chi connectivity index (χ0) is 20.9. The maximum Gasteiger partial charge on any atom is 0.456 e. The van der Waals surface area contributed by atoms with Gasteiger partial charge in [0.15, 0.2) is 5.78 Å². The van der Waals surface area contributed by atoms with Gasteiger partial charge in [-0.25, -0.2) is 0 Å². The van der Waals surface area contributed by atoms with Crippen molar-refractivity contribution in [3.8, 4) is 0 Å². The molecule has 0 unspecified atom stereocenters. The van der Waals surface area contributed by atoms with E-state index in [1.54, 1.807) is 32.0 Å². The number of allylic oxidation sites excluding steroid dienone is 2. The average molecular weight is 398 g/mol. The number of ketones is 1. The zero-order valence-electron chi connectivity index (χ0n) is 15.7. The summed E-state index contributed by atoms with van der Waals surface area (Å²) in [7, 11) is 0.927. The van der Waals surface area contributed by atoms with Crippen LogP contribution in [0.5, 0.6) is 0 Å². The largest absolute Gasteiger partial charge is 0.469 e. The number of ether oxygens (including phenoxy) is 2. The molecular formula is C20H21F3O5. The summed E-state index contributed by atoms with van der Waals surface area (Å²) in [6.45, 7) is 3.46. The summed E-state index contributed by atoms with van der Waals surface area (Å²) in [5.74, 6) is -9.27. The summed E-state index contributed by atoms with van der Waals surface area (Å²) < 4.78 is 51.4. The van der Waals surface area contributed by atoms with Crippen molar-refractivity contribution in [2.45, 2.75) is 44.6 Å². The van der Waals surface area contributed by atoms with Gasteiger partial charge in [-0.05, 0) is 11.0 Å². The minimum Gasteiger partial charge on any atom is -0.469 e. The van der Waals surface area contributed by atoms with E-state index in [4.69, 9.17) is 4.74 Å². The summed E-state index contributed by atoms with van der Waals surface area (Å²) >= 11 is 0. The molecule has 28 heavy (non-hydrogen) atoms. The Morgan fingerprint density at radius 3 is 2.36 bits per heavy atom. The van der Waals surface area contributed by atoms with Gasteiger partial charge in [-0.15, -0.1) is 0 Å². The molecular weight excluding hydrogens is 377 g/mol. The van der Waals surface area contributed by atoms with E-state index < -0.39 is 41.0 Å². The first-order valence-electron chi connectivity index (χ1n) is 8.78. The van der Waals surface area contributed by atoms with E-state index >= 15 is 0 Å². The Hall–Kier alpha value is -2.35. The summed E-state index contributed by atoms with van der Waals surface area (Å²) in [6, 6.07) is 7.86. The molecule has 1 aromatic rings. The van der Waals surface area contributed by atoms with Gasteiger partial charge in [-0.3, -0.25) is 9.59 Å². The van der Waals surface area contributed by atoms with Crippen LogP contribution in [0, 0.1) is 11.3 Å². The molecule has 0 aromatic heterocycles. The number of alkyl halides is 3. The molecule has 1 aromatic carbocycles. The molecule has 0 saturated heterocycles. The van der Waals surface area contributed by atoms with Crippen LogP contribution in [0.3, 0.4) is 0 Å². The quantitative estimate of drug-likeness (QED) is 0.773. The summed E-state index contributed by atoms with van der Waals surface area (Å²) in [4.78, 5) is 25.3. The number of methoxy groups -OCH3 is 1. The highest BCUT2D eigenvalue weighted by atomic mass is 19.4. The smallest absolute Gasteiger partial charge is 0.456 e. The molecule has 0 spiro atoms. The molecule has 1 aliphatic carbocycles. The third-order valence-electron chi connectivity index (χ3n) is 5.24. The summed E-state index contributed by atoms with van der Waals surface area (Å²) in [5, 5.41) is 10.6. The van der Waals surface area contributed by atoms with Gasteiger partial charge in [0.1, 0.15) is 11.7 Å². The molecule has 1 N–H and O–H groups in total. The zero-order valence-corrected chi connectivity index (χ0v) is 15.7. The van der Waals surface area contributed by atoms with Crippen LogP contribution in [-0.2, 0) is 19.1 Å². The Morgan fingerprint density at radius 1 is 1.21 bits per heavy atom. The number of aliphatic hydroxyl groups is 1. The Bertz CT molecular complexity index is 828. The number of hydrogen-bond donors (Lipinski definition) is 1. The Morgan fingerprint density at radius 2 is 1.82 bits per heavy atom. The number of rotatable bonds is 2. The van der Waals surface area contributed by atoms with Crippen LogP contribution >= 0.6 is 0 Å². The van der Waals surface area contributed by atoms with E-state index in [-0.39, 0.29) is 24.2 Å². The fourth-order valence-corrected chi connectivity index (χ4v) is 4.04. The fourth-order valence-electron chi connectivity index (χ4n) is 4.04. The van der Waals surface area contributed by atoms with Crippen molar-refractivity contribution >= 4 is 11.8 Å². The van der Waals surface area contributed by atoms with E-state index in [0.717, 1.165) is 7.11 Å². The van der Waals surface area contributed by atoms with Crippen LogP contribution in [0.1, 0.15) is 38.2 Å². The highest BCUT2D eigenvalue weighted by Gasteiger charge is 2.70. The molecule has 152 valence electrons. The number of carbonyl (C=O) groups is 2. The van der Waals surface area contributed by atoms with Gasteiger partial charge in [-0.2, -0.15) is 13.2 Å². The van der Waals surface area contributed by atoms with Crippen LogP contribution in [0.15, 0.2) is 41.7 Å². The first-order valence-corrected chi connectivity index (χ1v) is 8.78. The van der Waals surface area contributed by atoms with Crippen LogP contribution in [-0.4, -0.2) is 35.9 Å². The lowest BCUT2D eigenvalue weighted by Gasteiger charge is -2.47. The van der Waals surface area contributed by atoms with E-state index in [9.17, 15) is 27.9 Å². The summed E-state index contributed by atoms with van der Waals surface area (Å²) in [6.07, 6.45) is -5.16. The first kappa shape index (κ1) is 20.4. The van der Waals surface area contributed by atoms with Crippen molar-refractivity contribution in [3.05, 3.63) is 47.2 Å². The van der Waals surface area contributed by atoms with Crippen molar-refractivity contribution in [2.24, 2.45) is 11.3 Å². The molecule has 0 radical (unpaired) electrons. The number of esters is 1. The van der Waals surface area contributed by atoms with E-state index in [0.29, 0.717) is 5.56 Å². The van der Waals surface area contributed by atoms with Gasteiger partial charge in [0, 0.05) is 24.3 Å². The van der Waals surface area contributed by atoms with Crippen LogP contribution < -0.4 is 0 Å². The SMILES string of the molecule is COC(=O)[C@@H]1[C@@H](c2ccccc2)C2=C(CC(C)(C)CC2=O)O[C@@]1(O)C(F)(F)F. The topological polar surface area (TPSA) is 72.8 Å². The number of halogens is 3. The van der Waals surface area contributed by atoms with E-state index in [2.05, 4.69) is 4.74 Å². The molecule has 1 aliphatic heterocycles. The molecule has 0 saturated carbocycles. The minimum absolute atomic E-state index is 0.00477. The lowest BCUT2D eigenvalue weighted by atomic mass is 9.66. The van der Waals surface area contributed by atoms with Gasteiger partial charge in [0.2, 0.25) is 0 Å². The second-order valence-electron chi connectivity index (χ2n) is 7.96. The second kappa shape index (κ2) is 6.62. The highest BCUT2D eigenvalue weighted by molar-refractivity contribution is 6.00. The van der Waals surface area contributed by atoms with Crippen molar-refractivity contribution in [1.29, 1.82) is 0 Å². The van der Waals surface area contributed by atoms with Crippen molar-refractivity contribution in [2.75, 3.05) is 7.11 Å². The van der Waals surface area contributed by atoms with Gasteiger partial charge in [-0.1, -0.05) is 44.2 Å². The van der Waals surface area contributed by atoms with Crippen LogP contribution in [0.2, 0.25) is 0 Å². The monoisotopic (exact) mass is 398 g/mol. The number of carbonyl (C=O) groups excluding carboxylic acids is 2. The van der Waals surface area contributed by atoms with Crippen molar-refractivity contribution in [3.63, 3.8) is 0 Å². The van der Waals surface area contributed by atoms with Gasteiger partial charge in [0.25, 0.3) is 0 Å². The Kier molecular flexibility index (Phi) is 4.82. The normalized spacial score (nSPS) is 29.8. The lowest BCUT2D eigenvalue weighted by Crippen LogP contribution is -2.61. The predicted octanol–water partition coefficient (Wildman–Crippen LogP) is 3.48. The maximum absolute atomic E-state index is 13.9. The Labute approximate surface area is 160 Å². The molecule has 0 amide bonds. The standard InChI is InChI=1S/C20H21F3O5/c1-18(2)9-12(24)15-13(10-18)28-19(26,20(21,22)23)16(17(25)27-3)14(15)11-7-5-4-6-8-11/h4-8,14,16,26H,9-10H2,1-3H3/t14-,16-,19+/m0/s1. The van der Waals surface area contributed by atoms with Gasteiger partial charge in [0.05, 0.1) is 7.11 Å². The molecule has 3 rings (SSSR count). The van der Waals surface area contributed by atoms with E-state index in [1.165, 1.54) is 12.1 Å². The molecule has 0 bridgehead atoms. The lowest BCUT2D eigenvalue weighted by molar-refractivity contribution is -0.378. The Balaban J connectivity index is 2.31. The molecule has 1 heterocycles. The average Bonchev–Trinajstić information content (AvgIpc) is 2.58. The third-order valence-corrected chi connectivity index (χ3v) is 5.24. The highest BCUT2D eigenvalue weighted by Crippen LogP contribution is 2.56. The number of benzene rings is 1. The van der Waals surface area contributed by atoms with E-state index in [1.807, 2.05) is 0 Å². The predicted molar refractivity (Wildman–Crippen MR) is 91.8 cm³/mol. The third kappa shape index (κ3) is 3.19. The fraction of sp³-hybridized carbons (Fsp3) is 0.500.